The number of aromatic amines is 1. The van der Waals surface area contributed by atoms with Gasteiger partial charge in [-0.1, -0.05) is 56.3 Å². The van der Waals surface area contributed by atoms with Crippen molar-refractivity contribution in [1.82, 2.24) is 41.8 Å². The van der Waals surface area contributed by atoms with Crippen LogP contribution in [0.15, 0.2) is 78.3 Å². The van der Waals surface area contributed by atoms with Gasteiger partial charge in [-0.15, -0.1) is 11.3 Å². The Kier molecular flexibility index (Phi) is 14.4. The first kappa shape index (κ1) is 43.8. The number of nitrogens with one attached hydrogen (secondary N) is 7. The van der Waals surface area contributed by atoms with E-state index in [1.165, 1.54) is 11.0 Å². The van der Waals surface area contributed by atoms with Crippen LogP contribution < -0.4 is 36.8 Å². The molecule has 7 amide bonds. The van der Waals surface area contributed by atoms with Gasteiger partial charge in [0.1, 0.15) is 24.2 Å². The second kappa shape index (κ2) is 20.0. The third-order valence-electron chi connectivity index (χ3n) is 10.5. The fourth-order valence-corrected chi connectivity index (χ4v) is 8.06. The van der Waals surface area contributed by atoms with E-state index in [-0.39, 0.29) is 18.8 Å². The van der Waals surface area contributed by atoms with Crippen molar-refractivity contribution in [2.45, 2.75) is 63.3 Å². The molecule has 2 aliphatic rings. The summed E-state index contributed by atoms with van der Waals surface area (Å²) in [5.74, 6) is -8.14. The average molecular weight is 856 g/mol. The number of carbonyl (C=O) groups excluding carboxylic acids is 7. The Morgan fingerprint density at radius 3 is 2.11 bits per heavy atom. The zero-order chi connectivity index (χ0) is 43.6. The minimum Gasteiger partial charge on any atom is -0.479 e. The molecule has 2 aliphatic heterocycles. The van der Waals surface area contributed by atoms with E-state index < -0.39 is 90.5 Å². The Balaban J connectivity index is 1.29. The second-order valence-electron chi connectivity index (χ2n) is 15.3. The number of benzene rings is 2. The molecule has 2 aromatic carbocycles. The van der Waals surface area contributed by atoms with Crippen molar-refractivity contribution < 1.29 is 43.5 Å². The molecule has 61 heavy (non-hydrogen) atoms. The van der Waals surface area contributed by atoms with Crippen LogP contribution in [0, 0.1) is 5.92 Å². The van der Waals surface area contributed by atoms with E-state index >= 15 is 0 Å². The summed E-state index contributed by atoms with van der Waals surface area (Å²) in [7, 11) is 0. The SMILES string of the molecule is CC(C)C[C@@H]1NC(=O)C(c2cccs2)NC(=O)[C@H](C(=O)O)NC(=O)C(CC(=O)N2CCN(c3ccccc3)CC2)NC(=O)CNC(=O)C(Cc2c[nH]c3ccccc23)NC1=O. The van der Waals surface area contributed by atoms with Crippen LogP contribution in [0.1, 0.15) is 43.2 Å². The van der Waals surface area contributed by atoms with Gasteiger partial charge < -0.3 is 51.8 Å². The summed E-state index contributed by atoms with van der Waals surface area (Å²) in [5, 5.41) is 27.5. The van der Waals surface area contributed by atoms with Gasteiger partial charge in [0.25, 0.3) is 5.91 Å². The number of aliphatic carboxylic acids is 1. The Morgan fingerprint density at radius 2 is 1.43 bits per heavy atom. The first-order valence-electron chi connectivity index (χ1n) is 19.9. The number of H-pyrrole nitrogens is 1. The van der Waals surface area contributed by atoms with Crippen molar-refractivity contribution in [2.24, 2.45) is 5.92 Å². The van der Waals surface area contributed by atoms with Gasteiger partial charge in [-0.25, -0.2) is 4.79 Å². The average Bonchev–Trinajstić information content (AvgIpc) is 3.93. The molecule has 2 aromatic heterocycles. The van der Waals surface area contributed by atoms with Crippen LogP contribution in [0.3, 0.4) is 0 Å². The zero-order valence-electron chi connectivity index (χ0n) is 33.6. The largest absolute Gasteiger partial charge is 0.479 e. The standard InChI is InChI=1S/C42H49N9O9S/c1-24(2)19-29-38(55)46-30(20-25-22-43-28-12-7-6-11-27(25)28)37(54)44-23-33(52)45-31(21-34(53)51-16-14-50(15-17-51)26-9-4-3-5-10-26)39(56)49-36(42(59)60)41(58)48-35(40(57)47-29)32-13-8-18-61-32/h3-13,18,22,24,29-31,35-36,43H,14-17,19-21,23H2,1-2H3,(H,44,54)(H,45,52)(H,46,55)(H,47,57)(H,48,58)(H,49,56)(H,59,60)/t29-,30?,31?,35?,36+/m0/s1. The third-order valence-corrected chi connectivity index (χ3v) is 11.4. The minimum absolute atomic E-state index is 0.0208. The molecule has 6 rings (SSSR count). The molecule has 0 aliphatic carbocycles. The van der Waals surface area contributed by atoms with E-state index in [4.69, 9.17) is 0 Å². The van der Waals surface area contributed by atoms with E-state index in [1.54, 1.807) is 17.6 Å². The lowest BCUT2D eigenvalue weighted by molar-refractivity contribution is -0.147. The normalized spacial score (nSPS) is 22.6. The van der Waals surface area contributed by atoms with Crippen LogP contribution in [0.4, 0.5) is 5.69 Å². The molecule has 0 bridgehead atoms. The number of piperazine rings is 1. The zero-order valence-corrected chi connectivity index (χ0v) is 34.5. The fraction of sp³-hybridized carbons (Fsp3) is 0.381. The molecule has 18 nitrogen and oxygen atoms in total. The molecule has 4 aromatic rings. The fourth-order valence-electron chi connectivity index (χ4n) is 7.29. The number of fused-ring (bicyclic) bond motifs is 1. The number of rotatable bonds is 9. The van der Waals surface area contributed by atoms with Gasteiger partial charge in [-0.05, 0) is 47.5 Å². The lowest BCUT2D eigenvalue weighted by Gasteiger charge is -2.36. The van der Waals surface area contributed by atoms with Gasteiger partial charge in [0.2, 0.25) is 41.5 Å². The van der Waals surface area contributed by atoms with Crippen LogP contribution in [0.25, 0.3) is 10.9 Å². The number of carboxylic acids is 1. The lowest BCUT2D eigenvalue weighted by atomic mass is 10.00. The van der Waals surface area contributed by atoms with E-state index in [1.807, 2.05) is 68.4 Å². The van der Waals surface area contributed by atoms with Crippen molar-refractivity contribution in [3.05, 3.63) is 88.7 Å². The Bertz CT molecular complexity index is 2240. The van der Waals surface area contributed by atoms with Gasteiger partial charge in [-0.3, -0.25) is 33.6 Å². The molecular weight excluding hydrogens is 807 g/mol. The molecule has 3 unspecified atom stereocenters. The van der Waals surface area contributed by atoms with Gasteiger partial charge in [0, 0.05) is 60.3 Å². The summed E-state index contributed by atoms with van der Waals surface area (Å²) in [5.41, 5.74) is 2.44. The lowest BCUT2D eigenvalue weighted by Crippen LogP contribution is -2.60. The second-order valence-corrected chi connectivity index (χ2v) is 16.3. The molecule has 19 heteroatoms. The summed E-state index contributed by atoms with van der Waals surface area (Å²) < 4.78 is 0. The van der Waals surface area contributed by atoms with Crippen LogP contribution in [-0.2, 0) is 44.8 Å². The van der Waals surface area contributed by atoms with Crippen molar-refractivity contribution in [2.75, 3.05) is 37.6 Å². The molecule has 0 radical (unpaired) electrons. The number of anilines is 1. The third kappa shape index (κ3) is 11.3. The predicted molar refractivity (Wildman–Crippen MR) is 225 cm³/mol. The van der Waals surface area contributed by atoms with Crippen molar-refractivity contribution in [3.63, 3.8) is 0 Å². The van der Waals surface area contributed by atoms with E-state index in [0.29, 0.717) is 36.6 Å². The number of carboxylic acid groups (broad SMARTS) is 1. The molecule has 2 saturated heterocycles. The van der Waals surface area contributed by atoms with Crippen molar-refractivity contribution in [3.8, 4) is 0 Å². The number of carbonyl (C=O) groups is 8. The molecule has 4 heterocycles. The molecule has 322 valence electrons. The van der Waals surface area contributed by atoms with Gasteiger partial charge >= 0.3 is 5.97 Å². The monoisotopic (exact) mass is 855 g/mol. The molecule has 0 spiro atoms. The highest BCUT2D eigenvalue weighted by Crippen LogP contribution is 2.22. The van der Waals surface area contributed by atoms with E-state index in [2.05, 4.69) is 41.8 Å². The van der Waals surface area contributed by atoms with Crippen LogP contribution in [-0.4, -0.2) is 119 Å². The topological polar surface area (TPSA) is 251 Å². The number of hydrogen-bond acceptors (Lipinski definition) is 10. The van der Waals surface area contributed by atoms with E-state index in [0.717, 1.165) is 27.9 Å². The highest BCUT2D eigenvalue weighted by molar-refractivity contribution is 7.10. The Hall–Kier alpha value is -6.76. The summed E-state index contributed by atoms with van der Waals surface area (Å²) >= 11 is 1.08. The van der Waals surface area contributed by atoms with Crippen LogP contribution in [0.2, 0.25) is 0 Å². The number of thiophene rings is 1. The highest BCUT2D eigenvalue weighted by atomic mass is 32.1. The maximum Gasteiger partial charge on any atom is 0.336 e. The molecule has 8 N–H and O–H groups in total. The number of nitrogens with zero attached hydrogens (tertiary/aromatic N) is 2. The smallest absolute Gasteiger partial charge is 0.336 e. The van der Waals surface area contributed by atoms with Gasteiger partial charge in [-0.2, -0.15) is 0 Å². The number of para-hydroxylation sites is 2. The number of amides is 7. The maximum atomic E-state index is 14.1. The minimum atomic E-state index is -2.27. The van der Waals surface area contributed by atoms with Crippen molar-refractivity contribution in [1.29, 1.82) is 0 Å². The maximum absolute atomic E-state index is 14.1. The summed E-state index contributed by atoms with van der Waals surface area (Å²) in [6, 6.07) is 12.2. The summed E-state index contributed by atoms with van der Waals surface area (Å²) in [6.07, 6.45) is 1.19. The molecular formula is C42H49N9O9S. The summed E-state index contributed by atoms with van der Waals surface area (Å²) in [6.45, 7) is 4.50. The van der Waals surface area contributed by atoms with E-state index in [9.17, 15) is 43.5 Å². The summed E-state index contributed by atoms with van der Waals surface area (Å²) in [4.78, 5) is 116. The number of hydrogen-bond donors (Lipinski definition) is 8. The quantitative estimate of drug-likeness (QED) is 0.109. The Morgan fingerprint density at radius 1 is 0.738 bits per heavy atom. The van der Waals surface area contributed by atoms with Crippen LogP contribution >= 0.6 is 11.3 Å². The van der Waals surface area contributed by atoms with Gasteiger partial charge in [0.15, 0.2) is 0 Å². The first-order chi connectivity index (χ1) is 29.3. The predicted octanol–water partition coefficient (Wildman–Crippen LogP) is 0.568. The highest BCUT2D eigenvalue weighted by Gasteiger charge is 2.38. The van der Waals surface area contributed by atoms with Gasteiger partial charge in [0.05, 0.1) is 13.0 Å². The molecule has 0 saturated carbocycles. The first-order valence-corrected chi connectivity index (χ1v) is 20.8. The van der Waals surface area contributed by atoms with Crippen LogP contribution in [0.5, 0.6) is 0 Å². The van der Waals surface area contributed by atoms with Crippen molar-refractivity contribution >= 4 is 75.2 Å². The molecule has 5 atom stereocenters. The number of aromatic nitrogens is 1. The Labute approximate surface area is 355 Å². The molecule has 2 fully saturated rings.